The second kappa shape index (κ2) is 12.6. The highest BCUT2D eigenvalue weighted by Gasteiger charge is 2.34. The minimum atomic E-state index is -0.193. The zero-order chi connectivity index (χ0) is 20.2. The minimum Gasteiger partial charge on any atom is -0.399 e. The van der Waals surface area contributed by atoms with Crippen LogP contribution in [0.1, 0.15) is 118 Å². The second-order valence-electron chi connectivity index (χ2n) is 8.16. The third-order valence-electron chi connectivity index (χ3n) is 5.73. The van der Waals surface area contributed by atoms with Crippen LogP contribution in [-0.4, -0.2) is 23.3 Å². The Balaban J connectivity index is 1.46. The van der Waals surface area contributed by atoms with Gasteiger partial charge in [0, 0.05) is 12.2 Å². The number of benzene rings is 1. The van der Waals surface area contributed by atoms with E-state index in [1.54, 1.807) is 18.2 Å². The molecule has 4 nitrogen and oxygen atoms in total. The average molecular weight is 387 g/mol. The monoisotopic (exact) mass is 386 g/mol. The molecule has 0 saturated carbocycles. The van der Waals surface area contributed by atoms with Gasteiger partial charge < -0.3 is 5.73 Å². The molecule has 0 fully saturated rings. The van der Waals surface area contributed by atoms with Gasteiger partial charge in [-0.05, 0) is 24.6 Å². The van der Waals surface area contributed by atoms with Gasteiger partial charge in [-0.2, -0.15) is 0 Å². The van der Waals surface area contributed by atoms with Crippen molar-refractivity contribution in [2.45, 2.75) is 96.8 Å². The van der Waals surface area contributed by atoms with Crippen LogP contribution in [-0.2, 0) is 0 Å². The Bertz CT molecular complexity index is 627. The van der Waals surface area contributed by atoms with E-state index in [-0.39, 0.29) is 11.8 Å². The van der Waals surface area contributed by atoms with Gasteiger partial charge in [-0.15, -0.1) is 0 Å². The molecule has 1 aliphatic heterocycles. The van der Waals surface area contributed by atoms with Gasteiger partial charge in [0.15, 0.2) is 0 Å². The largest absolute Gasteiger partial charge is 0.399 e. The molecule has 1 aromatic carbocycles. The summed E-state index contributed by atoms with van der Waals surface area (Å²) in [6.07, 6.45) is 18.2. The summed E-state index contributed by atoms with van der Waals surface area (Å²) in [4.78, 5) is 26.1. The number of amides is 2. The molecule has 0 spiro atoms. The lowest BCUT2D eigenvalue weighted by Crippen LogP contribution is -2.30. The third kappa shape index (κ3) is 6.96. The van der Waals surface area contributed by atoms with Crippen molar-refractivity contribution in [3.8, 4) is 0 Å². The highest BCUT2D eigenvalue weighted by atomic mass is 16.2. The molecule has 0 aromatic heterocycles. The summed E-state index contributed by atoms with van der Waals surface area (Å²) < 4.78 is 0. The molecule has 0 bridgehead atoms. The predicted molar refractivity (Wildman–Crippen MR) is 117 cm³/mol. The normalized spacial score (nSPS) is 13.4. The average Bonchev–Trinajstić information content (AvgIpc) is 2.92. The lowest BCUT2D eigenvalue weighted by atomic mass is 10.0. The van der Waals surface area contributed by atoms with E-state index >= 15 is 0 Å². The summed E-state index contributed by atoms with van der Waals surface area (Å²) in [7, 11) is 0. The standard InChI is InChI=1S/C24H38N2O2/c1-2-3-4-5-6-7-8-9-10-11-12-13-14-15-18-26-23(27)21-17-16-20(25)19-22(21)24(26)28/h16-17,19H,2-15,18,25H2,1H3. The van der Waals surface area contributed by atoms with E-state index in [0.717, 1.165) is 12.8 Å². The summed E-state index contributed by atoms with van der Waals surface area (Å²) in [6.45, 7) is 2.78. The summed E-state index contributed by atoms with van der Waals surface area (Å²) in [6, 6.07) is 4.96. The molecule has 0 aliphatic carbocycles. The first-order valence-corrected chi connectivity index (χ1v) is 11.4. The molecule has 0 unspecified atom stereocenters. The molecular formula is C24H38N2O2. The molecule has 0 saturated heterocycles. The minimum absolute atomic E-state index is 0.172. The SMILES string of the molecule is CCCCCCCCCCCCCCCCN1C(=O)c2ccc(N)cc2C1=O. The van der Waals surface area contributed by atoms with Crippen LogP contribution in [0.15, 0.2) is 18.2 Å². The summed E-state index contributed by atoms with van der Waals surface area (Å²) in [5.74, 6) is -0.364. The fourth-order valence-electron chi connectivity index (χ4n) is 3.98. The molecule has 2 rings (SSSR count). The van der Waals surface area contributed by atoms with Crippen LogP contribution in [0.2, 0.25) is 0 Å². The molecule has 0 atom stereocenters. The zero-order valence-electron chi connectivity index (χ0n) is 17.7. The molecule has 1 aliphatic rings. The number of imide groups is 1. The maximum absolute atomic E-state index is 12.4. The Hall–Kier alpha value is -1.84. The van der Waals surface area contributed by atoms with Gasteiger partial charge in [0.2, 0.25) is 0 Å². The van der Waals surface area contributed by atoms with E-state index in [9.17, 15) is 9.59 Å². The van der Waals surface area contributed by atoms with Crippen molar-refractivity contribution in [3.05, 3.63) is 29.3 Å². The molecule has 156 valence electrons. The van der Waals surface area contributed by atoms with Gasteiger partial charge in [-0.25, -0.2) is 0 Å². The first-order valence-electron chi connectivity index (χ1n) is 11.4. The molecule has 0 radical (unpaired) electrons. The number of carbonyl (C=O) groups is 2. The number of unbranched alkanes of at least 4 members (excludes halogenated alkanes) is 13. The quantitative estimate of drug-likeness (QED) is 0.217. The first-order chi connectivity index (χ1) is 13.6. The smallest absolute Gasteiger partial charge is 0.261 e. The van der Waals surface area contributed by atoms with E-state index in [1.807, 2.05) is 0 Å². The number of carbonyl (C=O) groups excluding carboxylic acids is 2. The topological polar surface area (TPSA) is 63.4 Å². The van der Waals surface area contributed by atoms with Crippen molar-refractivity contribution in [1.82, 2.24) is 4.90 Å². The molecule has 4 heteroatoms. The van der Waals surface area contributed by atoms with Crippen LogP contribution in [0.25, 0.3) is 0 Å². The Morgan fingerprint density at radius 3 is 1.68 bits per heavy atom. The summed E-state index contributed by atoms with van der Waals surface area (Å²) in [5.41, 5.74) is 7.20. The van der Waals surface area contributed by atoms with Crippen molar-refractivity contribution < 1.29 is 9.59 Å². The van der Waals surface area contributed by atoms with Gasteiger partial charge in [0.05, 0.1) is 11.1 Å². The number of fused-ring (bicyclic) bond motifs is 1. The maximum atomic E-state index is 12.4. The molecule has 2 amide bonds. The van der Waals surface area contributed by atoms with Gasteiger partial charge in [-0.1, -0.05) is 90.4 Å². The Morgan fingerprint density at radius 2 is 1.14 bits per heavy atom. The number of anilines is 1. The van der Waals surface area contributed by atoms with Crippen molar-refractivity contribution in [1.29, 1.82) is 0 Å². The zero-order valence-corrected chi connectivity index (χ0v) is 17.7. The van der Waals surface area contributed by atoms with Crippen molar-refractivity contribution in [2.24, 2.45) is 0 Å². The van der Waals surface area contributed by atoms with E-state index < -0.39 is 0 Å². The van der Waals surface area contributed by atoms with Gasteiger partial charge in [0.1, 0.15) is 0 Å². The van der Waals surface area contributed by atoms with E-state index in [4.69, 9.17) is 5.73 Å². The lowest BCUT2D eigenvalue weighted by molar-refractivity contribution is 0.0651. The highest BCUT2D eigenvalue weighted by molar-refractivity contribution is 6.21. The summed E-state index contributed by atoms with van der Waals surface area (Å²) in [5, 5.41) is 0. The van der Waals surface area contributed by atoms with E-state index in [0.29, 0.717) is 23.4 Å². The van der Waals surface area contributed by atoms with E-state index in [1.165, 1.54) is 81.9 Å². The fraction of sp³-hybridized carbons (Fsp3) is 0.667. The van der Waals surface area contributed by atoms with Crippen LogP contribution >= 0.6 is 0 Å². The number of nitrogens with zero attached hydrogens (tertiary/aromatic N) is 1. The van der Waals surface area contributed by atoms with Gasteiger partial charge in [-0.3, -0.25) is 14.5 Å². The lowest BCUT2D eigenvalue weighted by Gasteiger charge is -2.13. The fourth-order valence-corrected chi connectivity index (χ4v) is 3.98. The molecule has 28 heavy (non-hydrogen) atoms. The first kappa shape index (κ1) is 22.4. The predicted octanol–water partition coefficient (Wildman–Crippen LogP) is 6.35. The molecule has 1 aromatic rings. The van der Waals surface area contributed by atoms with Crippen LogP contribution in [0, 0.1) is 0 Å². The summed E-state index contributed by atoms with van der Waals surface area (Å²) >= 11 is 0. The number of nitrogens with two attached hydrogens (primary N) is 1. The number of hydrogen-bond acceptors (Lipinski definition) is 3. The molecule has 1 heterocycles. The van der Waals surface area contributed by atoms with Crippen molar-refractivity contribution in [2.75, 3.05) is 12.3 Å². The van der Waals surface area contributed by atoms with Crippen LogP contribution in [0.3, 0.4) is 0 Å². The Morgan fingerprint density at radius 1 is 0.679 bits per heavy atom. The molecule has 2 N–H and O–H groups in total. The number of hydrogen-bond donors (Lipinski definition) is 1. The second-order valence-corrected chi connectivity index (χ2v) is 8.16. The Labute approximate surface area is 170 Å². The van der Waals surface area contributed by atoms with E-state index in [2.05, 4.69) is 6.92 Å². The van der Waals surface area contributed by atoms with Crippen LogP contribution in [0.4, 0.5) is 5.69 Å². The van der Waals surface area contributed by atoms with Gasteiger partial charge in [0.25, 0.3) is 11.8 Å². The van der Waals surface area contributed by atoms with Crippen LogP contribution < -0.4 is 5.73 Å². The number of nitrogen functional groups attached to an aromatic ring is 1. The third-order valence-corrected chi connectivity index (χ3v) is 5.73. The van der Waals surface area contributed by atoms with Crippen LogP contribution in [0.5, 0.6) is 0 Å². The Kier molecular flexibility index (Phi) is 10.1. The maximum Gasteiger partial charge on any atom is 0.261 e. The van der Waals surface area contributed by atoms with Crippen molar-refractivity contribution >= 4 is 17.5 Å². The highest BCUT2D eigenvalue weighted by Crippen LogP contribution is 2.25. The molecular weight excluding hydrogens is 348 g/mol. The number of rotatable bonds is 15. The van der Waals surface area contributed by atoms with Gasteiger partial charge >= 0.3 is 0 Å². The van der Waals surface area contributed by atoms with Crippen molar-refractivity contribution in [3.63, 3.8) is 0 Å².